The first-order chi connectivity index (χ1) is 15.9. The molecule has 7 heteroatoms. The Morgan fingerprint density at radius 2 is 1.85 bits per heavy atom. The highest BCUT2D eigenvalue weighted by Gasteiger charge is 2.38. The minimum atomic E-state index is -0.757. The fraction of sp³-hybridized carbons (Fsp3) is 0.231. The molecule has 0 bridgehead atoms. The van der Waals surface area contributed by atoms with Crippen LogP contribution in [0.4, 0.5) is 0 Å². The van der Waals surface area contributed by atoms with E-state index in [9.17, 15) is 9.59 Å². The van der Waals surface area contributed by atoms with E-state index in [4.69, 9.17) is 19.9 Å². The Kier molecular flexibility index (Phi) is 6.22. The lowest BCUT2D eigenvalue weighted by Gasteiger charge is -2.29. The number of aryl methyl sites for hydroxylation is 2. The predicted octanol–water partition coefficient (Wildman–Crippen LogP) is 3.28. The third-order valence-electron chi connectivity index (χ3n) is 5.87. The number of pyridine rings is 1. The van der Waals surface area contributed by atoms with Crippen molar-refractivity contribution in [3.8, 4) is 11.5 Å². The number of hydrogen-bond acceptors (Lipinski definition) is 6. The molecule has 170 valence electrons. The van der Waals surface area contributed by atoms with Gasteiger partial charge in [-0.1, -0.05) is 42.5 Å². The van der Waals surface area contributed by atoms with Crippen LogP contribution in [0.2, 0.25) is 0 Å². The molecule has 2 heterocycles. The Labute approximate surface area is 192 Å². The van der Waals surface area contributed by atoms with Gasteiger partial charge < -0.3 is 24.5 Å². The fourth-order valence-electron chi connectivity index (χ4n) is 4.21. The molecule has 1 aliphatic rings. The van der Waals surface area contributed by atoms with Crippen LogP contribution in [-0.2, 0) is 22.5 Å². The minimum absolute atomic E-state index is 0.0806. The molecule has 0 spiro atoms. The average Bonchev–Trinajstić information content (AvgIpc) is 2.83. The van der Waals surface area contributed by atoms with E-state index < -0.39 is 11.9 Å². The van der Waals surface area contributed by atoms with Crippen LogP contribution in [0.15, 0.2) is 76.9 Å². The number of benzene rings is 2. The molecule has 0 saturated carbocycles. The summed E-state index contributed by atoms with van der Waals surface area (Å²) in [4.78, 5) is 26.5. The van der Waals surface area contributed by atoms with E-state index in [1.165, 1.54) is 7.11 Å². The van der Waals surface area contributed by atoms with Gasteiger partial charge in [0.1, 0.15) is 17.1 Å². The molecular weight excluding hydrogens is 420 g/mol. The first-order valence-electron chi connectivity index (χ1n) is 10.6. The molecule has 2 N–H and O–H groups in total. The van der Waals surface area contributed by atoms with Gasteiger partial charge in [0, 0.05) is 18.3 Å². The Morgan fingerprint density at radius 1 is 1.09 bits per heavy atom. The highest BCUT2D eigenvalue weighted by atomic mass is 16.5. The van der Waals surface area contributed by atoms with Crippen molar-refractivity contribution < 1.29 is 19.0 Å². The number of nitrogens with zero attached hydrogens (tertiary/aromatic N) is 1. The Bertz CT molecular complexity index is 1280. The Balaban J connectivity index is 1.87. The van der Waals surface area contributed by atoms with Crippen LogP contribution in [0.25, 0.3) is 0 Å². The van der Waals surface area contributed by atoms with E-state index >= 15 is 0 Å². The normalized spacial score (nSPS) is 14.9. The van der Waals surface area contributed by atoms with Crippen LogP contribution in [-0.4, -0.2) is 24.8 Å². The molecule has 0 saturated heterocycles. The third-order valence-corrected chi connectivity index (χ3v) is 5.87. The molecule has 0 aliphatic carbocycles. The molecule has 7 nitrogen and oxygen atoms in total. The maximum atomic E-state index is 13.8. The summed E-state index contributed by atoms with van der Waals surface area (Å²) in [6.07, 6.45) is 0.687. The monoisotopic (exact) mass is 446 g/mol. The maximum absolute atomic E-state index is 13.8. The molecule has 1 aliphatic heterocycles. The number of methoxy groups -OCH3 is 2. The number of hydrogen-bond donors (Lipinski definition) is 1. The second-order valence-corrected chi connectivity index (χ2v) is 7.84. The summed E-state index contributed by atoms with van der Waals surface area (Å²) in [6.45, 7) is 2.34. The summed E-state index contributed by atoms with van der Waals surface area (Å²) >= 11 is 0. The highest BCUT2D eigenvalue weighted by Crippen LogP contribution is 2.42. The molecule has 2 aromatic carbocycles. The SMILES string of the molecule is COC(=O)C1=C(N)Oc2cc(C)n(CCc3ccccc3)c(=O)c2[C@@H]1c1cccc(OC)c1. The number of carbonyl (C=O) groups is 1. The highest BCUT2D eigenvalue weighted by molar-refractivity contribution is 5.92. The summed E-state index contributed by atoms with van der Waals surface area (Å²) in [6, 6.07) is 19.0. The van der Waals surface area contributed by atoms with Crippen molar-refractivity contribution in [1.82, 2.24) is 4.57 Å². The molecule has 1 aromatic heterocycles. The second-order valence-electron chi connectivity index (χ2n) is 7.84. The summed E-state index contributed by atoms with van der Waals surface area (Å²) in [5.74, 6) is -0.552. The number of esters is 1. The molecule has 0 unspecified atom stereocenters. The number of rotatable bonds is 6. The van der Waals surface area contributed by atoms with Gasteiger partial charge in [0.2, 0.25) is 5.88 Å². The summed E-state index contributed by atoms with van der Waals surface area (Å²) in [5, 5.41) is 0. The van der Waals surface area contributed by atoms with Crippen molar-refractivity contribution in [1.29, 1.82) is 0 Å². The van der Waals surface area contributed by atoms with Crippen LogP contribution in [0.1, 0.15) is 28.3 Å². The van der Waals surface area contributed by atoms with Gasteiger partial charge in [-0.15, -0.1) is 0 Å². The quantitative estimate of drug-likeness (QED) is 0.584. The van der Waals surface area contributed by atoms with E-state index in [-0.39, 0.29) is 17.0 Å². The van der Waals surface area contributed by atoms with Gasteiger partial charge in [-0.2, -0.15) is 0 Å². The van der Waals surface area contributed by atoms with Crippen LogP contribution in [0.5, 0.6) is 11.5 Å². The zero-order valence-electron chi connectivity index (χ0n) is 18.8. The van der Waals surface area contributed by atoms with Crippen molar-refractivity contribution in [2.24, 2.45) is 5.73 Å². The van der Waals surface area contributed by atoms with Crippen molar-refractivity contribution >= 4 is 5.97 Å². The smallest absolute Gasteiger partial charge is 0.340 e. The number of nitrogens with two attached hydrogens (primary N) is 1. The van der Waals surface area contributed by atoms with E-state index in [0.29, 0.717) is 35.6 Å². The van der Waals surface area contributed by atoms with E-state index in [0.717, 1.165) is 11.3 Å². The number of fused-ring (bicyclic) bond motifs is 1. The van der Waals surface area contributed by atoms with Crippen LogP contribution in [0.3, 0.4) is 0 Å². The maximum Gasteiger partial charge on any atom is 0.340 e. The predicted molar refractivity (Wildman–Crippen MR) is 124 cm³/mol. The molecule has 0 fully saturated rings. The number of aromatic nitrogens is 1. The zero-order valence-corrected chi connectivity index (χ0v) is 18.8. The van der Waals surface area contributed by atoms with Gasteiger partial charge >= 0.3 is 5.97 Å². The molecular formula is C26H26N2O5. The van der Waals surface area contributed by atoms with Crippen molar-refractivity contribution in [2.75, 3.05) is 14.2 Å². The molecule has 4 rings (SSSR count). The van der Waals surface area contributed by atoms with Gasteiger partial charge in [0.05, 0.1) is 25.7 Å². The second kappa shape index (κ2) is 9.24. The minimum Gasteiger partial charge on any atom is -0.497 e. The van der Waals surface area contributed by atoms with Gasteiger partial charge in [-0.05, 0) is 36.6 Å². The van der Waals surface area contributed by atoms with Crippen LogP contribution < -0.4 is 20.8 Å². The van der Waals surface area contributed by atoms with Crippen molar-refractivity contribution in [3.05, 3.63) is 105 Å². The number of carbonyl (C=O) groups excluding carboxylic acids is 1. The van der Waals surface area contributed by atoms with Crippen LogP contribution >= 0.6 is 0 Å². The van der Waals surface area contributed by atoms with Crippen molar-refractivity contribution in [2.45, 2.75) is 25.8 Å². The van der Waals surface area contributed by atoms with E-state index in [1.807, 2.05) is 43.3 Å². The largest absolute Gasteiger partial charge is 0.497 e. The van der Waals surface area contributed by atoms with Gasteiger partial charge in [0.15, 0.2) is 0 Å². The van der Waals surface area contributed by atoms with E-state index in [1.54, 1.807) is 35.9 Å². The third kappa shape index (κ3) is 4.22. The first kappa shape index (κ1) is 22.2. The lowest BCUT2D eigenvalue weighted by atomic mass is 9.83. The fourth-order valence-corrected chi connectivity index (χ4v) is 4.21. The molecule has 0 amide bonds. The van der Waals surface area contributed by atoms with E-state index in [2.05, 4.69) is 0 Å². The van der Waals surface area contributed by atoms with Gasteiger partial charge in [-0.25, -0.2) is 4.79 Å². The first-order valence-corrected chi connectivity index (χ1v) is 10.6. The molecule has 33 heavy (non-hydrogen) atoms. The van der Waals surface area contributed by atoms with Crippen LogP contribution in [0, 0.1) is 6.92 Å². The Morgan fingerprint density at radius 3 is 2.55 bits per heavy atom. The topological polar surface area (TPSA) is 92.8 Å². The lowest BCUT2D eigenvalue weighted by molar-refractivity contribution is -0.136. The summed E-state index contributed by atoms with van der Waals surface area (Å²) < 4.78 is 17.8. The van der Waals surface area contributed by atoms with Crippen molar-refractivity contribution in [3.63, 3.8) is 0 Å². The molecule has 0 radical (unpaired) electrons. The lowest BCUT2D eigenvalue weighted by Crippen LogP contribution is -2.35. The summed E-state index contributed by atoms with van der Waals surface area (Å²) in [7, 11) is 2.83. The zero-order chi connectivity index (χ0) is 23.5. The molecule has 1 atom stereocenters. The van der Waals surface area contributed by atoms with Gasteiger partial charge in [0.25, 0.3) is 5.56 Å². The summed E-state index contributed by atoms with van der Waals surface area (Å²) in [5.41, 5.74) is 8.91. The standard InChI is InChI=1S/C26H26N2O5/c1-16-14-20-22(25(29)28(16)13-12-17-8-5-4-6-9-17)21(18-10-7-11-19(15-18)31-2)23(24(27)33-20)26(30)32-3/h4-11,14-15,21H,12-13,27H2,1-3H3/t21-/m0/s1. The Hall–Kier alpha value is -4.00. The number of ether oxygens (including phenoxy) is 3. The average molecular weight is 447 g/mol. The molecule has 3 aromatic rings. The van der Waals surface area contributed by atoms with Gasteiger partial charge in [-0.3, -0.25) is 4.79 Å².